The highest BCUT2D eigenvalue weighted by Gasteiger charge is 2.24. The lowest BCUT2D eigenvalue weighted by Gasteiger charge is -2.17. The van der Waals surface area contributed by atoms with E-state index < -0.39 is 0 Å². The summed E-state index contributed by atoms with van der Waals surface area (Å²) < 4.78 is 0. The number of rotatable bonds is 4. The lowest BCUT2D eigenvalue weighted by molar-refractivity contribution is -0.113. The molecule has 1 aromatic heterocycles. The van der Waals surface area contributed by atoms with Gasteiger partial charge in [0.2, 0.25) is 5.91 Å². The molecule has 1 aromatic rings. The van der Waals surface area contributed by atoms with Crippen molar-refractivity contribution >= 4 is 34.0 Å². The average Bonchev–Trinajstić information content (AvgIpc) is 2.75. The van der Waals surface area contributed by atoms with Gasteiger partial charge in [-0.1, -0.05) is 6.92 Å². The van der Waals surface area contributed by atoms with Crippen LogP contribution in [-0.4, -0.2) is 17.4 Å². The van der Waals surface area contributed by atoms with Crippen molar-refractivity contribution in [1.29, 1.82) is 10.5 Å². The predicted molar refractivity (Wildman–Crippen MR) is 81.8 cm³/mol. The lowest BCUT2D eigenvalue weighted by Crippen LogP contribution is -2.14. The van der Waals surface area contributed by atoms with E-state index in [1.54, 1.807) is 0 Å². The number of hydrogen-bond acceptors (Lipinski definition) is 5. The maximum atomic E-state index is 11.8. The zero-order valence-electron chi connectivity index (χ0n) is 11.2. The number of nitrogens with one attached hydrogen (secondary N) is 1. The SMILES string of the molecule is CC1CCc2c(sc(NC(=O)CSCC#N)c2C#N)C1. The van der Waals surface area contributed by atoms with Crippen LogP contribution in [0.5, 0.6) is 0 Å². The van der Waals surface area contributed by atoms with Gasteiger partial charge < -0.3 is 5.32 Å². The summed E-state index contributed by atoms with van der Waals surface area (Å²) in [5, 5.41) is 21.3. The lowest BCUT2D eigenvalue weighted by atomic mass is 9.89. The number of fused-ring (bicyclic) bond motifs is 1. The number of carbonyl (C=O) groups is 1. The molecule has 0 aliphatic heterocycles. The second-order valence-corrected chi connectivity index (χ2v) is 6.96. The third-order valence-corrected chi connectivity index (χ3v) is 5.25. The highest BCUT2D eigenvalue weighted by atomic mass is 32.2. The third kappa shape index (κ3) is 3.33. The molecule has 6 heteroatoms. The van der Waals surface area contributed by atoms with Crippen molar-refractivity contribution in [3.63, 3.8) is 0 Å². The van der Waals surface area contributed by atoms with Gasteiger partial charge in [0.05, 0.1) is 23.1 Å². The molecule has 0 radical (unpaired) electrons. The first kappa shape index (κ1) is 14.9. The van der Waals surface area contributed by atoms with Gasteiger partial charge in [-0.05, 0) is 30.7 Å². The molecule has 1 aliphatic carbocycles. The number of thioether (sulfide) groups is 1. The van der Waals surface area contributed by atoms with Crippen LogP contribution in [0.2, 0.25) is 0 Å². The molecule has 20 heavy (non-hydrogen) atoms. The number of anilines is 1. The minimum absolute atomic E-state index is 0.145. The molecule has 104 valence electrons. The van der Waals surface area contributed by atoms with Gasteiger partial charge in [-0.3, -0.25) is 4.79 Å². The normalized spacial score (nSPS) is 16.9. The summed E-state index contributed by atoms with van der Waals surface area (Å²) in [7, 11) is 0. The van der Waals surface area contributed by atoms with E-state index >= 15 is 0 Å². The highest BCUT2D eigenvalue weighted by Crippen LogP contribution is 2.39. The van der Waals surface area contributed by atoms with Crippen LogP contribution in [-0.2, 0) is 17.6 Å². The Morgan fingerprint density at radius 3 is 3.05 bits per heavy atom. The molecule has 4 nitrogen and oxygen atoms in total. The molecule has 0 fully saturated rings. The highest BCUT2D eigenvalue weighted by molar-refractivity contribution is 8.00. The monoisotopic (exact) mass is 305 g/mol. The average molecular weight is 305 g/mol. The second kappa shape index (κ2) is 6.78. The molecular formula is C14H15N3OS2. The van der Waals surface area contributed by atoms with Crippen LogP contribution >= 0.6 is 23.1 Å². The van der Waals surface area contributed by atoms with Gasteiger partial charge in [0.15, 0.2) is 0 Å². The maximum Gasteiger partial charge on any atom is 0.235 e. The molecule has 0 saturated carbocycles. The molecule has 0 bridgehead atoms. The Labute approximate surface area is 126 Å². The Kier molecular flexibility index (Phi) is 5.05. The first-order valence-electron chi connectivity index (χ1n) is 6.44. The van der Waals surface area contributed by atoms with Crippen molar-refractivity contribution in [3.8, 4) is 12.1 Å². The molecule has 2 rings (SSSR count). The molecule has 1 N–H and O–H groups in total. The summed E-state index contributed by atoms with van der Waals surface area (Å²) in [6.07, 6.45) is 3.02. The van der Waals surface area contributed by atoms with Crippen LogP contribution in [0.1, 0.15) is 29.3 Å². The quantitative estimate of drug-likeness (QED) is 0.868. The van der Waals surface area contributed by atoms with Gasteiger partial charge in [0.1, 0.15) is 11.1 Å². The van der Waals surface area contributed by atoms with Crippen LogP contribution in [0.25, 0.3) is 0 Å². The molecule has 1 amide bonds. The van der Waals surface area contributed by atoms with E-state index in [0.29, 0.717) is 22.2 Å². The van der Waals surface area contributed by atoms with Crippen LogP contribution in [0.4, 0.5) is 5.00 Å². The van der Waals surface area contributed by atoms with Crippen molar-refractivity contribution in [3.05, 3.63) is 16.0 Å². The first-order valence-corrected chi connectivity index (χ1v) is 8.42. The molecule has 0 spiro atoms. The molecule has 0 aromatic carbocycles. The third-order valence-electron chi connectivity index (χ3n) is 3.28. The first-order chi connectivity index (χ1) is 9.65. The second-order valence-electron chi connectivity index (χ2n) is 4.87. The van der Waals surface area contributed by atoms with Crippen molar-refractivity contribution in [1.82, 2.24) is 0 Å². The molecule has 1 atom stereocenters. The summed E-state index contributed by atoms with van der Waals surface area (Å²) in [6.45, 7) is 2.21. The van der Waals surface area contributed by atoms with E-state index in [4.69, 9.17) is 5.26 Å². The van der Waals surface area contributed by atoms with Crippen molar-refractivity contribution < 1.29 is 4.79 Å². The van der Waals surface area contributed by atoms with Crippen LogP contribution in [0, 0.1) is 28.6 Å². The minimum atomic E-state index is -0.145. The molecule has 1 unspecified atom stereocenters. The van der Waals surface area contributed by atoms with E-state index in [-0.39, 0.29) is 11.7 Å². The number of carbonyl (C=O) groups excluding carboxylic acids is 1. The summed E-state index contributed by atoms with van der Waals surface area (Å²) in [5.74, 6) is 1.05. The van der Waals surface area contributed by atoms with Crippen LogP contribution < -0.4 is 5.32 Å². The van der Waals surface area contributed by atoms with Gasteiger partial charge in [0, 0.05) is 4.88 Å². The van der Waals surface area contributed by atoms with Gasteiger partial charge in [0.25, 0.3) is 0 Å². The maximum absolute atomic E-state index is 11.8. The Morgan fingerprint density at radius 1 is 1.55 bits per heavy atom. The van der Waals surface area contributed by atoms with E-state index in [2.05, 4.69) is 18.3 Å². The Hall–Kier alpha value is -1.50. The standard InChI is InChI=1S/C14H15N3OS2/c1-9-2-3-10-11(7-16)14(20-12(10)6-9)17-13(18)8-19-5-4-15/h9H,2-3,5-6,8H2,1H3,(H,17,18). The van der Waals surface area contributed by atoms with Crippen molar-refractivity contribution in [2.24, 2.45) is 5.92 Å². The molecule has 0 saturated heterocycles. The zero-order chi connectivity index (χ0) is 14.5. The Morgan fingerprint density at radius 2 is 2.35 bits per heavy atom. The van der Waals surface area contributed by atoms with Crippen LogP contribution in [0.3, 0.4) is 0 Å². The van der Waals surface area contributed by atoms with Crippen molar-refractivity contribution in [2.45, 2.75) is 26.2 Å². The summed E-state index contributed by atoms with van der Waals surface area (Å²) in [4.78, 5) is 13.0. The fourth-order valence-electron chi connectivity index (χ4n) is 2.31. The van der Waals surface area contributed by atoms with Crippen molar-refractivity contribution in [2.75, 3.05) is 16.8 Å². The Balaban J connectivity index is 2.11. The van der Waals surface area contributed by atoms with Gasteiger partial charge in [-0.15, -0.1) is 23.1 Å². The van der Waals surface area contributed by atoms with E-state index in [0.717, 1.165) is 24.8 Å². The van der Waals surface area contributed by atoms with Gasteiger partial charge in [-0.25, -0.2) is 0 Å². The molecule has 1 aliphatic rings. The van der Waals surface area contributed by atoms with E-state index in [9.17, 15) is 10.1 Å². The number of nitriles is 2. The fraction of sp³-hybridized carbons (Fsp3) is 0.500. The predicted octanol–water partition coefficient (Wildman–Crippen LogP) is 2.94. The minimum Gasteiger partial charge on any atom is -0.316 e. The van der Waals surface area contributed by atoms with E-state index in [1.807, 2.05) is 6.07 Å². The number of hydrogen-bond donors (Lipinski definition) is 1. The molecule has 1 heterocycles. The van der Waals surface area contributed by atoms with Gasteiger partial charge in [-0.2, -0.15) is 10.5 Å². The molecular weight excluding hydrogens is 290 g/mol. The fourth-order valence-corrected chi connectivity index (χ4v) is 4.14. The number of amides is 1. The Bertz CT molecular complexity index is 595. The summed E-state index contributed by atoms with van der Waals surface area (Å²) in [5.41, 5.74) is 1.76. The topological polar surface area (TPSA) is 76.7 Å². The smallest absolute Gasteiger partial charge is 0.235 e. The van der Waals surface area contributed by atoms with Gasteiger partial charge >= 0.3 is 0 Å². The number of nitrogens with zero attached hydrogens (tertiary/aromatic N) is 2. The van der Waals surface area contributed by atoms with Crippen LogP contribution in [0.15, 0.2) is 0 Å². The largest absolute Gasteiger partial charge is 0.316 e. The summed E-state index contributed by atoms with van der Waals surface area (Å²) >= 11 is 2.81. The summed E-state index contributed by atoms with van der Waals surface area (Å²) in [6, 6.07) is 4.22. The zero-order valence-corrected chi connectivity index (χ0v) is 12.9. The van der Waals surface area contributed by atoms with E-state index in [1.165, 1.54) is 28.0 Å². The number of thiophene rings is 1.